The zero-order valence-corrected chi connectivity index (χ0v) is 15.6. The molecule has 0 unspecified atom stereocenters. The van der Waals surface area contributed by atoms with Crippen LogP contribution in [0.25, 0.3) is 0 Å². The van der Waals surface area contributed by atoms with E-state index in [0.29, 0.717) is 12.1 Å². The predicted molar refractivity (Wildman–Crippen MR) is 101 cm³/mol. The number of hydrogen-bond donors (Lipinski definition) is 2. The number of benzene rings is 1. The van der Waals surface area contributed by atoms with Gasteiger partial charge in [0.1, 0.15) is 0 Å². The van der Waals surface area contributed by atoms with Gasteiger partial charge in [-0.15, -0.1) is 24.0 Å². The van der Waals surface area contributed by atoms with E-state index >= 15 is 0 Å². The lowest BCUT2D eigenvalue weighted by molar-refractivity contribution is 0.145. The minimum atomic E-state index is 0. The summed E-state index contributed by atoms with van der Waals surface area (Å²) in [5, 5.41) is 15.4. The summed E-state index contributed by atoms with van der Waals surface area (Å²) in [6.07, 6.45) is 0.947. The Morgan fingerprint density at radius 2 is 2.14 bits per heavy atom. The second-order valence-electron chi connectivity index (χ2n) is 4.48. The van der Waals surface area contributed by atoms with E-state index in [-0.39, 0.29) is 24.0 Å². The van der Waals surface area contributed by atoms with Crippen LogP contribution < -0.4 is 10.6 Å². The maximum Gasteiger partial charge on any atom is 0.191 e. The van der Waals surface area contributed by atoms with Crippen LogP contribution in [-0.4, -0.2) is 32.3 Å². The Bertz CT molecular complexity index is 485. The minimum absolute atomic E-state index is 0. The Morgan fingerprint density at radius 3 is 2.82 bits per heavy atom. The highest BCUT2D eigenvalue weighted by Gasteiger charge is 1.98. The number of rotatable bonds is 8. The van der Waals surface area contributed by atoms with E-state index in [4.69, 9.17) is 10.00 Å². The van der Waals surface area contributed by atoms with Crippen LogP contribution in [0, 0.1) is 11.3 Å². The molecule has 2 N–H and O–H groups in total. The van der Waals surface area contributed by atoms with Crippen LogP contribution in [0.3, 0.4) is 0 Å². The highest BCUT2D eigenvalue weighted by atomic mass is 127. The summed E-state index contributed by atoms with van der Waals surface area (Å²) in [6, 6.07) is 9.66. The maximum absolute atomic E-state index is 8.89. The van der Waals surface area contributed by atoms with Crippen molar-refractivity contribution < 1.29 is 4.74 Å². The normalized spacial score (nSPS) is 10.5. The highest BCUT2D eigenvalue weighted by Crippen LogP contribution is 2.05. The predicted octanol–water partition coefficient (Wildman–Crippen LogP) is 2.66. The first-order valence-corrected chi connectivity index (χ1v) is 7.39. The number of guanidine groups is 1. The number of halogens is 1. The molecule has 122 valence electrons. The van der Waals surface area contributed by atoms with Gasteiger partial charge in [-0.2, -0.15) is 5.26 Å². The van der Waals surface area contributed by atoms with Crippen LogP contribution in [0.15, 0.2) is 29.3 Å². The maximum atomic E-state index is 8.89. The number of aliphatic imine (C=N–C) groups is 1. The molecule has 6 heteroatoms. The molecular weight excluding hydrogens is 391 g/mol. The van der Waals surface area contributed by atoms with E-state index in [9.17, 15) is 0 Å². The molecule has 0 saturated carbocycles. The second kappa shape index (κ2) is 13.3. The standard InChI is InChI=1S/C16H24N4O.HI/c1-3-18-16(19-9-6-10-21-4-2)20-13-15-8-5-7-14(11-15)12-17;/h5,7-8,11H,3-4,6,9-10,13H2,1-2H3,(H2,18,19,20);1H. The molecule has 1 aromatic rings. The summed E-state index contributed by atoms with van der Waals surface area (Å²) < 4.78 is 5.30. The molecular formula is C16H25IN4O. The third-order valence-electron chi connectivity index (χ3n) is 2.78. The molecule has 0 fully saturated rings. The first kappa shape index (κ1) is 20.7. The number of hydrogen-bond acceptors (Lipinski definition) is 3. The summed E-state index contributed by atoms with van der Waals surface area (Å²) in [4.78, 5) is 4.52. The average Bonchev–Trinajstić information content (AvgIpc) is 2.52. The molecule has 0 bridgehead atoms. The van der Waals surface area contributed by atoms with Crippen LogP contribution in [0.4, 0.5) is 0 Å². The third kappa shape index (κ3) is 8.85. The van der Waals surface area contributed by atoms with Crippen LogP contribution in [0.5, 0.6) is 0 Å². The summed E-state index contributed by atoms with van der Waals surface area (Å²) in [6.45, 7) is 7.73. The van der Waals surface area contributed by atoms with E-state index in [0.717, 1.165) is 44.2 Å². The van der Waals surface area contributed by atoms with Crippen molar-refractivity contribution in [2.45, 2.75) is 26.8 Å². The van der Waals surface area contributed by atoms with Gasteiger partial charge in [0, 0.05) is 26.3 Å². The van der Waals surface area contributed by atoms with E-state index in [2.05, 4.69) is 21.7 Å². The van der Waals surface area contributed by atoms with Gasteiger partial charge in [0.05, 0.1) is 18.2 Å². The molecule has 1 rings (SSSR count). The van der Waals surface area contributed by atoms with Crippen LogP contribution in [0.2, 0.25) is 0 Å². The van der Waals surface area contributed by atoms with Gasteiger partial charge in [-0.1, -0.05) is 12.1 Å². The SMILES string of the molecule is CCNC(=NCc1cccc(C#N)c1)NCCCOCC.I. The number of ether oxygens (including phenoxy) is 1. The third-order valence-corrected chi connectivity index (χ3v) is 2.78. The Morgan fingerprint density at radius 1 is 1.32 bits per heavy atom. The minimum Gasteiger partial charge on any atom is -0.382 e. The topological polar surface area (TPSA) is 69.4 Å². The molecule has 0 radical (unpaired) electrons. The summed E-state index contributed by atoms with van der Waals surface area (Å²) >= 11 is 0. The highest BCUT2D eigenvalue weighted by molar-refractivity contribution is 14.0. The van der Waals surface area contributed by atoms with Gasteiger partial charge in [-0.05, 0) is 38.0 Å². The van der Waals surface area contributed by atoms with Gasteiger partial charge in [0.25, 0.3) is 0 Å². The van der Waals surface area contributed by atoms with Crippen LogP contribution >= 0.6 is 24.0 Å². The lowest BCUT2D eigenvalue weighted by atomic mass is 10.1. The van der Waals surface area contributed by atoms with Gasteiger partial charge < -0.3 is 15.4 Å². The number of nitriles is 1. The molecule has 0 atom stereocenters. The van der Waals surface area contributed by atoms with Gasteiger partial charge >= 0.3 is 0 Å². The monoisotopic (exact) mass is 416 g/mol. The van der Waals surface area contributed by atoms with Crippen molar-refractivity contribution in [2.24, 2.45) is 4.99 Å². The zero-order chi connectivity index (χ0) is 15.3. The van der Waals surface area contributed by atoms with Crippen molar-refractivity contribution in [3.8, 4) is 6.07 Å². The van der Waals surface area contributed by atoms with E-state index in [1.807, 2.05) is 32.0 Å². The Hall–Kier alpha value is -1.33. The fourth-order valence-corrected chi connectivity index (χ4v) is 1.78. The summed E-state index contributed by atoms with van der Waals surface area (Å²) in [7, 11) is 0. The van der Waals surface area contributed by atoms with Crippen molar-refractivity contribution in [2.75, 3.05) is 26.3 Å². The largest absolute Gasteiger partial charge is 0.382 e. The van der Waals surface area contributed by atoms with Crippen molar-refractivity contribution in [1.82, 2.24) is 10.6 Å². The molecule has 1 aromatic carbocycles. The van der Waals surface area contributed by atoms with Gasteiger partial charge in [0.15, 0.2) is 5.96 Å². The molecule has 0 amide bonds. The van der Waals surface area contributed by atoms with Gasteiger partial charge in [-0.25, -0.2) is 4.99 Å². The number of nitrogens with one attached hydrogen (secondary N) is 2. The molecule has 0 spiro atoms. The van der Waals surface area contributed by atoms with Gasteiger partial charge in [0.2, 0.25) is 0 Å². The molecule has 0 aromatic heterocycles. The first-order valence-electron chi connectivity index (χ1n) is 7.39. The fraction of sp³-hybridized carbons (Fsp3) is 0.500. The summed E-state index contributed by atoms with van der Waals surface area (Å²) in [5.74, 6) is 0.788. The van der Waals surface area contributed by atoms with Crippen LogP contribution in [0.1, 0.15) is 31.4 Å². The zero-order valence-electron chi connectivity index (χ0n) is 13.3. The lowest BCUT2D eigenvalue weighted by Gasteiger charge is -2.11. The Balaban J connectivity index is 0.00000441. The molecule has 0 aliphatic carbocycles. The molecule has 0 saturated heterocycles. The first-order chi connectivity index (χ1) is 10.3. The van der Waals surface area contributed by atoms with Crippen LogP contribution in [-0.2, 0) is 11.3 Å². The lowest BCUT2D eigenvalue weighted by Crippen LogP contribution is -2.38. The van der Waals surface area contributed by atoms with E-state index in [1.54, 1.807) is 6.07 Å². The van der Waals surface area contributed by atoms with E-state index < -0.39 is 0 Å². The summed E-state index contributed by atoms with van der Waals surface area (Å²) in [5.41, 5.74) is 1.69. The quantitative estimate of drug-likeness (QED) is 0.296. The van der Waals surface area contributed by atoms with Crippen molar-refractivity contribution >= 4 is 29.9 Å². The van der Waals surface area contributed by atoms with Crippen molar-refractivity contribution in [3.05, 3.63) is 35.4 Å². The Kier molecular flexibility index (Phi) is 12.5. The van der Waals surface area contributed by atoms with E-state index in [1.165, 1.54) is 0 Å². The molecule has 5 nitrogen and oxygen atoms in total. The fourth-order valence-electron chi connectivity index (χ4n) is 1.78. The van der Waals surface area contributed by atoms with Crippen molar-refractivity contribution in [3.63, 3.8) is 0 Å². The van der Waals surface area contributed by atoms with Gasteiger partial charge in [-0.3, -0.25) is 0 Å². The molecule has 0 aliphatic heterocycles. The average molecular weight is 416 g/mol. The smallest absolute Gasteiger partial charge is 0.191 e. The number of nitrogens with zero attached hydrogens (tertiary/aromatic N) is 2. The molecule has 0 heterocycles. The van der Waals surface area contributed by atoms with Crippen molar-refractivity contribution in [1.29, 1.82) is 5.26 Å². The molecule has 22 heavy (non-hydrogen) atoms. The Labute approximate surface area is 150 Å². The second-order valence-corrected chi connectivity index (χ2v) is 4.48. The molecule has 0 aliphatic rings.